The van der Waals surface area contributed by atoms with Gasteiger partial charge >= 0.3 is 5.97 Å². The van der Waals surface area contributed by atoms with Crippen LogP contribution in [0.2, 0.25) is 5.28 Å². The molecule has 15 heavy (non-hydrogen) atoms. The number of hydrogen-bond acceptors (Lipinski definition) is 5. The van der Waals surface area contributed by atoms with Crippen LogP contribution in [0.3, 0.4) is 0 Å². The minimum atomic E-state index is -0.494. The number of carbonyl (C=O) groups excluding carboxylic acids is 1. The molecule has 0 aliphatic heterocycles. The summed E-state index contributed by atoms with van der Waals surface area (Å²) in [7, 11) is 1.30. The van der Waals surface area contributed by atoms with Crippen molar-refractivity contribution in [3.63, 3.8) is 0 Å². The standard InChI is InChI=1S/C9H6ClN3O2/c1-15-8(14)6-3-2-5-7(12-6)4-11-9(10)13-5/h2-4H,1H3. The van der Waals surface area contributed by atoms with Gasteiger partial charge in [-0.15, -0.1) is 0 Å². The van der Waals surface area contributed by atoms with E-state index < -0.39 is 5.97 Å². The van der Waals surface area contributed by atoms with E-state index in [4.69, 9.17) is 11.6 Å². The molecule has 0 amide bonds. The lowest BCUT2D eigenvalue weighted by molar-refractivity contribution is 0.0594. The molecule has 0 N–H and O–H groups in total. The number of halogens is 1. The third-order valence-corrected chi connectivity index (χ3v) is 1.99. The summed E-state index contributed by atoms with van der Waals surface area (Å²) in [5.74, 6) is -0.494. The van der Waals surface area contributed by atoms with Crippen molar-refractivity contribution in [1.82, 2.24) is 15.0 Å². The average molecular weight is 224 g/mol. The van der Waals surface area contributed by atoms with Gasteiger partial charge in [0.1, 0.15) is 11.2 Å². The molecule has 0 aliphatic rings. The second-order valence-electron chi connectivity index (χ2n) is 2.73. The highest BCUT2D eigenvalue weighted by Gasteiger charge is 2.08. The number of hydrogen-bond donors (Lipinski definition) is 0. The van der Waals surface area contributed by atoms with E-state index in [1.807, 2.05) is 0 Å². The predicted octanol–water partition coefficient (Wildman–Crippen LogP) is 1.46. The van der Waals surface area contributed by atoms with Crippen LogP contribution in [-0.2, 0) is 4.74 Å². The smallest absolute Gasteiger partial charge is 0.356 e. The lowest BCUT2D eigenvalue weighted by atomic mass is 10.3. The molecule has 0 bridgehead atoms. The molecule has 0 aliphatic carbocycles. The monoisotopic (exact) mass is 223 g/mol. The van der Waals surface area contributed by atoms with Gasteiger partial charge in [-0.1, -0.05) is 0 Å². The van der Waals surface area contributed by atoms with Crippen LogP contribution in [0, 0.1) is 0 Å². The Morgan fingerprint density at radius 1 is 1.33 bits per heavy atom. The number of carbonyl (C=O) groups is 1. The molecule has 0 atom stereocenters. The number of methoxy groups -OCH3 is 1. The summed E-state index contributed by atoms with van der Waals surface area (Å²) in [5, 5.41) is 0.148. The molecule has 0 saturated carbocycles. The van der Waals surface area contributed by atoms with Crippen LogP contribution in [0.1, 0.15) is 10.5 Å². The maximum atomic E-state index is 11.2. The molecule has 2 rings (SSSR count). The number of nitrogens with zero attached hydrogens (tertiary/aromatic N) is 3. The predicted molar refractivity (Wildman–Crippen MR) is 53.7 cm³/mol. The van der Waals surface area contributed by atoms with Crippen molar-refractivity contribution in [1.29, 1.82) is 0 Å². The van der Waals surface area contributed by atoms with Crippen molar-refractivity contribution < 1.29 is 9.53 Å². The summed E-state index contributed by atoms with van der Waals surface area (Å²) < 4.78 is 4.54. The zero-order valence-corrected chi connectivity index (χ0v) is 8.52. The normalized spacial score (nSPS) is 10.3. The number of ether oxygens (including phenoxy) is 1. The van der Waals surface area contributed by atoms with Crippen molar-refractivity contribution in [3.05, 3.63) is 29.3 Å². The van der Waals surface area contributed by atoms with Crippen LogP contribution in [0.4, 0.5) is 0 Å². The highest BCUT2D eigenvalue weighted by Crippen LogP contribution is 2.11. The number of fused-ring (bicyclic) bond motifs is 1. The molecule has 0 spiro atoms. The summed E-state index contributed by atoms with van der Waals surface area (Å²) in [6, 6.07) is 3.17. The zero-order valence-electron chi connectivity index (χ0n) is 7.77. The lowest BCUT2D eigenvalue weighted by Gasteiger charge is -2.00. The Kier molecular flexibility index (Phi) is 2.47. The van der Waals surface area contributed by atoms with Crippen molar-refractivity contribution in [2.75, 3.05) is 7.11 Å². The summed E-state index contributed by atoms with van der Waals surface area (Å²) in [6.07, 6.45) is 1.46. The van der Waals surface area contributed by atoms with Crippen LogP contribution < -0.4 is 0 Å². The van der Waals surface area contributed by atoms with Crippen LogP contribution in [0.5, 0.6) is 0 Å². The minimum absolute atomic E-state index is 0.148. The van der Waals surface area contributed by atoms with Crippen molar-refractivity contribution in [3.8, 4) is 0 Å². The van der Waals surface area contributed by atoms with Gasteiger partial charge in [-0.05, 0) is 23.7 Å². The molecule has 0 fully saturated rings. The first-order valence-corrected chi connectivity index (χ1v) is 4.46. The zero-order chi connectivity index (χ0) is 10.8. The van der Waals surface area contributed by atoms with Crippen LogP contribution in [0.15, 0.2) is 18.3 Å². The van der Waals surface area contributed by atoms with Gasteiger partial charge in [-0.3, -0.25) is 0 Å². The summed E-state index contributed by atoms with van der Waals surface area (Å²) in [6.45, 7) is 0. The number of pyridine rings is 1. The Balaban J connectivity index is 2.57. The second kappa shape index (κ2) is 3.78. The van der Waals surface area contributed by atoms with Gasteiger partial charge in [-0.2, -0.15) is 0 Å². The molecule has 76 valence electrons. The van der Waals surface area contributed by atoms with Gasteiger partial charge in [0, 0.05) is 0 Å². The largest absolute Gasteiger partial charge is 0.464 e. The highest BCUT2D eigenvalue weighted by atomic mass is 35.5. The third kappa shape index (κ3) is 1.87. The second-order valence-corrected chi connectivity index (χ2v) is 3.07. The molecule has 5 nitrogen and oxygen atoms in total. The molecule has 0 aromatic carbocycles. The molecule has 2 aromatic heterocycles. The molecule has 0 radical (unpaired) electrons. The summed E-state index contributed by atoms with van der Waals surface area (Å²) in [5.41, 5.74) is 1.31. The number of rotatable bonds is 1. The molecule has 0 saturated heterocycles. The molecule has 2 aromatic rings. The lowest BCUT2D eigenvalue weighted by Crippen LogP contribution is -2.04. The average Bonchev–Trinajstić information content (AvgIpc) is 2.27. The minimum Gasteiger partial charge on any atom is -0.464 e. The van der Waals surface area contributed by atoms with E-state index in [0.29, 0.717) is 11.0 Å². The molecule has 0 unspecified atom stereocenters. The van der Waals surface area contributed by atoms with E-state index in [-0.39, 0.29) is 11.0 Å². The maximum Gasteiger partial charge on any atom is 0.356 e. The van der Waals surface area contributed by atoms with Gasteiger partial charge in [-0.25, -0.2) is 19.7 Å². The first kappa shape index (κ1) is 9.79. The summed E-state index contributed by atoms with van der Waals surface area (Å²) in [4.78, 5) is 22.9. The quantitative estimate of drug-likeness (QED) is 0.541. The fraction of sp³-hybridized carbons (Fsp3) is 0.111. The Morgan fingerprint density at radius 3 is 2.87 bits per heavy atom. The van der Waals surface area contributed by atoms with E-state index in [9.17, 15) is 4.79 Å². The molecule has 2 heterocycles. The van der Waals surface area contributed by atoms with Gasteiger partial charge in [0.25, 0.3) is 0 Å². The van der Waals surface area contributed by atoms with E-state index in [1.165, 1.54) is 19.4 Å². The molecule has 6 heteroatoms. The van der Waals surface area contributed by atoms with E-state index in [0.717, 1.165) is 0 Å². The van der Waals surface area contributed by atoms with Crippen molar-refractivity contribution in [2.45, 2.75) is 0 Å². The highest BCUT2D eigenvalue weighted by molar-refractivity contribution is 6.28. The Hall–Kier alpha value is -1.75. The van der Waals surface area contributed by atoms with Gasteiger partial charge in [0.15, 0.2) is 0 Å². The van der Waals surface area contributed by atoms with Crippen LogP contribution in [0.25, 0.3) is 11.0 Å². The fourth-order valence-electron chi connectivity index (χ4n) is 1.12. The SMILES string of the molecule is COC(=O)c1ccc2nc(Cl)ncc2n1. The summed E-state index contributed by atoms with van der Waals surface area (Å²) >= 11 is 5.61. The van der Waals surface area contributed by atoms with Crippen molar-refractivity contribution >= 4 is 28.6 Å². The number of aromatic nitrogens is 3. The van der Waals surface area contributed by atoms with Gasteiger partial charge in [0.2, 0.25) is 5.28 Å². The van der Waals surface area contributed by atoms with Crippen LogP contribution in [-0.4, -0.2) is 28.0 Å². The fourth-order valence-corrected chi connectivity index (χ4v) is 1.26. The van der Waals surface area contributed by atoms with E-state index in [1.54, 1.807) is 6.07 Å². The Morgan fingerprint density at radius 2 is 2.13 bits per heavy atom. The Labute approximate surface area is 90.1 Å². The molecular weight excluding hydrogens is 218 g/mol. The van der Waals surface area contributed by atoms with Crippen LogP contribution >= 0.6 is 11.6 Å². The topological polar surface area (TPSA) is 65.0 Å². The maximum absolute atomic E-state index is 11.2. The van der Waals surface area contributed by atoms with Crippen molar-refractivity contribution in [2.24, 2.45) is 0 Å². The first-order chi connectivity index (χ1) is 7.20. The Bertz CT molecular complexity index is 530. The third-order valence-electron chi connectivity index (χ3n) is 1.80. The van der Waals surface area contributed by atoms with Gasteiger partial charge < -0.3 is 4.74 Å². The van der Waals surface area contributed by atoms with Gasteiger partial charge in [0.05, 0.1) is 18.8 Å². The molecular formula is C9H6ClN3O2. The number of esters is 1. The first-order valence-electron chi connectivity index (χ1n) is 4.08. The van der Waals surface area contributed by atoms with E-state index >= 15 is 0 Å². The van der Waals surface area contributed by atoms with E-state index in [2.05, 4.69) is 19.7 Å².